The highest BCUT2D eigenvalue weighted by Gasteiger charge is 2.44. The largest absolute Gasteiger partial charge is 0.479 e. The molecule has 0 spiro atoms. The van der Waals surface area contributed by atoms with E-state index in [1.807, 2.05) is 19.9 Å². The highest BCUT2D eigenvalue weighted by atomic mass is 16.4. The number of rotatable bonds is 9. The van der Waals surface area contributed by atoms with Gasteiger partial charge in [0.05, 0.1) is 0 Å². The summed E-state index contributed by atoms with van der Waals surface area (Å²) < 4.78 is 0. The molecule has 2 unspecified atom stereocenters. The Morgan fingerprint density at radius 2 is 2.00 bits per heavy atom. The van der Waals surface area contributed by atoms with Gasteiger partial charge in [-0.1, -0.05) is 33.1 Å². The molecule has 4 N–H and O–H groups in total. The summed E-state index contributed by atoms with van der Waals surface area (Å²) in [6, 6.07) is 1.23. The molecule has 1 aromatic rings. The number of hydrogen-bond acceptors (Lipinski definition) is 4. The number of aliphatic hydroxyl groups is 1. The lowest BCUT2D eigenvalue weighted by Crippen LogP contribution is -2.56. The Morgan fingerprint density at radius 1 is 1.31 bits per heavy atom. The van der Waals surface area contributed by atoms with Gasteiger partial charge < -0.3 is 15.9 Å². The summed E-state index contributed by atoms with van der Waals surface area (Å²) >= 11 is 0. The van der Waals surface area contributed by atoms with E-state index in [1.54, 1.807) is 6.20 Å². The van der Waals surface area contributed by atoms with Crippen LogP contribution in [0.5, 0.6) is 0 Å². The lowest BCUT2D eigenvalue weighted by molar-refractivity contribution is -0.161. The molecule has 0 amide bonds. The number of fused-ring (bicyclic) bond motifs is 1. The predicted molar refractivity (Wildman–Crippen MR) is 101 cm³/mol. The molecule has 0 aromatic carbocycles. The van der Waals surface area contributed by atoms with Crippen molar-refractivity contribution in [3.05, 3.63) is 29.1 Å². The smallest absolute Gasteiger partial charge is 0.337 e. The Hall–Kier alpha value is -1.46. The topological polar surface area (TPSA) is 96.4 Å². The van der Waals surface area contributed by atoms with Gasteiger partial charge in [0.2, 0.25) is 0 Å². The summed E-state index contributed by atoms with van der Waals surface area (Å²) in [6.45, 7) is 3.95. The van der Waals surface area contributed by atoms with Crippen molar-refractivity contribution >= 4 is 5.97 Å². The summed E-state index contributed by atoms with van der Waals surface area (Å²) in [4.78, 5) is 16.3. The fraction of sp³-hybridized carbons (Fsp3) is 0.714. The van der Waals surface area contributed by atoms with Gasteiger partial charge in [0.1, 0.15) is 0 Å². The molecule has 5 heteroatoms. The molecule has 144 valence electrons. The highest BCUT2D eigenvalue weighted by Crippen LogP contribution is 2.38. The van der Waals surface area contributed by atoms with E-state index >= 15 is 0 Å². The van der Waals surface area contributed by atoms with Crippen LogP contribution in [-0.2, 0) is 24.1 Å². The molecular weight excluding hydrogens is 328 g/mol. The summed E-state index contributed by atoms with van der Waals surface area (Å²) in [7, 11) is 0. The SMILES string of the molecule is CC(C)CC(N)C(O)(Cc1nccc2c1C[C@@H](CCC1CC1)C2)C(=O)O. The number of carboxylic acids is 1. The van der Waals surface area contributed by atoms with Crippen LogP contribution in [0.1, 0.15) is 62.8 Å². The maximum absolute atomic E-state index is 11.8. The van der Waals surface area contributed by atoms with Gasteiger partial charge in [0.25, 0.3) is 0 Å². The Bertz CT molecular complexity index is 657. The van der Waals surface area contributed by atoms with Gasteiger partial charge in [-0.05, 0) is 60.6 Å². The number of aromatic nitrogens is 1. The van der Waals surface area contributed by atoms with E-state index < -0.39 is 17.6 Å². The van der Waals surface area contributed by atoms with Crippen molar-refractivity contribution in [2.75, 3.05) is 0 Å². The van der Waals surface area contributed by atoms with Gasteiger partial charge in [-0.2, -0.15) is 0 Å². The van der Waals surface area contributed by atoms with E-state index in [9.17, 15) is 15.0 Å². The molecule has 3 rings (SSSR count). The highest BCUT2D eigenvalue weighted by molar-refractivity contribution is 5.78. The molecule has 0 bridgehead atoms. The summed E-state index contributed by atoms with van der Waals surface area (Å²) in [5.41, 5.74) is 7.25. The van der Waals surface area contributed by atoms with E-state index in [4.69, 9.17) is 5.73 Å². The van der Waals surface area contributed by atoms with Crippen molar-refractivity contribution in [2.45, 2.75) is 76.9 Å². The molecule has 0 radical (unpaired) electrons. The summed E-state index contributed by atoms with van der Waals surface area (Å²) in [5, 5.41) is 20.5. The van der Waals surface area contributed by atoms with Crippen molar-refractivity contribution in [3.63, 3.8) is 0 Å². The van der Waals surface area contributed by atoms with Crippen molar-refractivity contribution in [3.8, 4) is 0 Å². The first kappa shape index (κ1) is 19.3. The van der Waals surface area contributed by atoms with Crippen LogP contribution < -0.4 is 5.73 Å². The molecule has 1 saturated carbocycles. The first-order chi connectivity index (χ1) is 12.3. The number of nitrogens with two attached hydrogens (primary N) is 1. The Balaban J connectivity index is 1.75. The van der Waals surface area contributed by atoms with E-state index in [1.165, 1.54) is 31.2 Å². The van der Waals surface area contributed by atoms with Crippen LogP contribution in [0.2, 0.25) is 0 Å². The molecular formula is C21H32N2O3. The van der Waals surface area contributed by atoms with Crippen LogP contribution in [-0.4, -0.2) is 32.8 Å². The zero-order valence-electron chi connectivity index (χ0n) is 15.9. The van der Waals surface area contributed by atoms with Crippen LogP contribution in [0.3, 0.4) is 0 Å². The normalized spacial score (nSPS) is 22.9. The van der Waals surface area contributed by atoms with Crippen LogP contribution in [0.4, 0.5) is 0 Å². The van der Waals surface area contributed by atoms with Crippen molar-refractivity contribution in [1.82, 2.24) is 4.98 Å². The molecule has 3 atom stereocenters. The second kappa shape index (κ2) is 7.65. The molecule has 26 heavy (non-hydrogen) atoms. The molecule has 1 heterocycles. The van der Waals surface area contributed by atoms with Crippen LogP contribution in [0, 0.1) is 17.8 Å². The molecule has 1 fully saturated rings. The average Bonchev–Trinajstić information content (AvgIpc) is 3.30. The Labute approximate surface area is 156 Å². The van der Waals surface area contributed by atoms with Crippen molar-refractivity contribution < 1.29 is 15.0 Å². The summed E-state index contributed by atoms with van der Waals surface area (Å²) in [5.74, 6) is 0.517. The molecule has 2 aliphatic carbocycles. The standard InChI is InChI=1S/C21H32N2O3/c1-13(2)9-19(22)21(26,20(24)25)12-18-17-11-15(6-5-14-3-4-14)10-16(17)7-8-23-18/h7-8,13-15,19,26H,3-6,9-12,22H2,1-2H3,(H,24,25)/t15-,19?,21?/m0/s1. The zero-order valence-corrected chi connectivity index (χ0v) is 15.9. The monoisotopic (exact) mass is 360 g/mol. The molecule has 2 aliphatic rings. The second-order valence-corrected chi connectivity index (χ2v) is 8.83. The minimum Gasteiger partial charge on any atom is -0.479 e. The third-order valence-electron chi connectivity index (χ3n) is 6.07. The maximum atomic E-state index is 11.8. The lowest BCUT2D eigenvalue weighted by atomic mass is 9.83. The van der Waals surface area contributed by atoms with Crippen molar-refractivity contribution in [1.29, 1.82) is 0 Å². The van der Waals surface area contributed by atoms with Crippen LogP contribution >= 0.6 is 0 Å². The number of pyridine rings is 1. The average molecular weight is 360 g/mol. The number of hydrogen-bond donors (Lipinski definition) is 3. The Kier molecular flexibility index (Phi) is 5.68. The molecule has 5 nitrogen and oxygen atoms in total. The third kappa shape index (κ3) is 4.26. The van der Waals surface area contributed by atoms with Gasteiger partial charge in [0, 0.05) is 24.4 Å². The quantitative estimate of drug-likeness (QED) is 0.629. The first-order valence-electron chi connectivity index (χ1n) is 9.96. The fourth-order valence-electron chi connectivity index (χ4n) is 4.25. The number of carboxylic acid groups (broad SMARTS) is 1. The van der Waals surface area contributed by atoms with Gasteiger partial charge in [0.15, 0.2) is 5.60 Å². The van der Waals surface area contributed by atoms with E-state index in [2.05, 4.69) is 4.98 Å². The molecule has 0 saturated heterocycles. The fourth-order valence-corrected chi connectivity index (χ4v) is 4.25. The summed E-state index contributed by atoms with van der Waals surface area (Å²) in [6.07, 6.45) is 9.47. The maximum Gasteiger partial charge on any atom is 0.337 e. The predicted octanol–water partition coefficient (Wildman–Crippen LogP) is 2.72. The van der Waals surface area contributed by atoms with Crippen LogP contribution in [0.25, 0.3) is 0 Å². The minimum atomic E-state index is -1.97. The van der Waals surface area contributed by atoms with Gasteiger partial charge in [-0.25, -0.2) is 4.79 Å². The van der Waals surface area contributed by atoms with Gasteiger partial charge in [-0.15, -0.1) is 0 Å². The van der Waals surface area contributed by atoms with Crippen LogP contribution in [0.15, 0.2) is 12.3 Å². The minimum absolute atomic E-state index is 0.0191. The van der Waals surface area contributed by atoms with E-state index in [-0.39, 0.29) is 12.3 Å². The van der Waals surface area contributed by atoms with E-state index in [0.29, 0.717) is 18.0 Å². The van der Waals surface area contributed by atoms with E-state index in [0.717, 1.165) is 24.3 Å². The number of aliphatic carboxylic acids is 1. The Morgan fingerprint density at radius 3 is 2.62 bits per heavy atom. The van der Waals surface area contributed by atoms with Gasteiger partial charge in [-0.3, -0.25) is 4.98 Å². The first-order valence-corrected chi connectivity index (χ1v) is 9.96. The number of nitrogens with zero attached hydrogens (tertiary/aromatic N) is 1. The molecule has 0 aliphatic heterocycles. The van der Waals surface area contributed by atoms with Gasteiger partial charge >= 0.3 is 5.97 Å². The zero-order chi connectivity index (χ0) is 18.9. The lowest BCUT2D eigenvalue weighted by Gasteiger charge is -2.31. The molecule has 1 aromatic heterocycles. The third-order valence-corrected chi connectivity index (χ3v) is 6.07. The second-order valence-electron chi connectivity index (χ2n) is 8.83. The number of carbonyl (C=O) groups is 1. The van der Waals surface area contributed by atoms with Crippen molar-refractivity contribution in [2.24, 2.45) is 23.5 Å².